The number of benzene rings is 1. The molecule has 19 heavy (non-hydrogen) atoms. The molecule has 0 aliphatic heterocycles. The van der Waals surface area contributed by atoms with Crippen LogP contribution in [0.2, 0.25) is 0 Å². The molecule has 1 heteroatoms. The monoisotopic (exact) mass is 253 g/mol. The number of hydrogen-bond donors (Lipinski definition) is 0. The Morgan fingerprint density at radius 1 is 1.21 bits per heavy atom. The van der Waals surface area contributed by atoms with Crippen LogP contribution in [0, 0.1) is 12.3 Å². The predicted molar refractivity (Wildman–Crippen MR) is 83.7 cm³/mol. The molecule has 0 amide bonds. The summed E-state index contributed by atoms with van der Waals surface area (Å²) in [5, 5.41) is 0. The molecule has 1 aromatic carbocycles. The van der Waals surface area contributed by atoms with E-state index < -0.39 is 0 Å². The molecule has 1 aliphatic carbocycles. The van der Waals surface area contributed by atoms with Gasteiger partial charge in [-0.25, -0.2) is 0 Å². The van der Waals surface area contributed by atoms with E-state index >= 15 is 0 Å². The summed E-state index contributed by atoms with van der Waals surface area (Å²) in [7, 11) is 0. The first-order valence-corrected chi connectivity index (χ1v) is 6.95. The number of allylic oxidation sites excluding steroid dienone is 4. The summed E-state index contributed by atoms with van der Waals surface area (Å²) in [6.45, 7) is 8.64. The SMILES string of the molecule is CC1=CCC(C)(C=NC(C)c2ccc(C)cc2)C=C1. The van der Waals surface area contributed by atoms with E-state index in [9.17, 15) is 0 Å². The van der Waals surface area contributed by atoms with E-state index in [1.165, 1.54) is 16.7 Å². The molecule has 1 nitrogen and oxygen atoms in total. The fourth-order valence-electron chi connectivity index (χ4n) is 2.15. The van der Waals surface area contributed by atoms with Gasteiger partial charge in [0.2, 0.25) is 0 Å². The van der Waals surface area contributed by atoms with Gasteiger partial charge in [-0.2, -0.15) is 0 Å². The Balaban J connectivity index is 2.06. The highest BCUT2D eigenvalue weighted by Gasteiger charge is 2.19. The van der Waals surface area contributed by atoms with Gasteiger partial charge in [-0.3, -0.25) is 4.99 Å². The van der Waals surface area contributed by atoms with Gasteiger partial charge in [0.25, 0.3) is 0 Å². The van der Waals surface area contributed by atoms with Crippen molar-refractivity contribution in [3.63, 3.8) is 0 Å². The molecular formula is C18H23N. The van der Waals surface area contributed by atoms with Crippen LogP contribution in [0.3, 0.4) is 0 Å². The Morgan fingerprint density at radius 2 is 1.89 bits per heavy atom. The van der Waals surface area contributed by atoms with Gasteiger partial charge in [0.1, 0.15) is 0 Å². The Morgan fingerprint density at radius 3 is 2.47 bits per heavy atom. The zero-order chi connectivity index (χ0) is 13.9. The lowest BCUT2D eigenvalue weighted by Gasteiger charge is -2.23. The second-order valence-corrected chi connectivity index (χ2v) is 5.86. The van der Waals surface area contributed by atoms with Crippen molar-refractivity contribution in [2.24, 2.45) is 10.4 Å². The van der Waals surface area contributed by atoms with E-state index in [1.54, 1.807) is 0 Å². The summed E-state index contributed by atoms with van der Waals surface area (Å²) in [4.78, 5) is 4.74. The van der Waals surface area contributed by atoms with Crippen molar-refractivity contribution in [2.75, 3.05) is 0 Å². The average Bonchev–Trinajstić information content (AvgIpc) is 2.41. The third kappa shape index (κ3) is 3.66. The van der Waals surface area contributed by atoms with Crippen LogP contribution in [0.5, 0.6) is 0 Å². The molecular weight excluding hydrogens is 230 g/mol. The summed E-state index contributed by atoms with van der Waals surface area (Å²) in [6, 6.07) is 8.85. The lowest BCUT2D eigenvalue weighted by Crippen LogP contribution is -2.16. The van der Waals surface area contributed by atoms with Crippen molar-refractivity contribution in [3.8, 4) is 0 Å². The first-order valence-electron chi connectivity index (χ1n) is 6.95. The van der Waals surface area contributed by atoms with Gasteiger partial charge in [0.05, 0.1) is 6.04 Å². The normalized spacial score (nSPS) is 24.5. The lowest BCUT2D eigenvalue weighted by atomic mass is 9.83. The minimum atomic E-state index is 0.0679. The van der Waals surface area contributed by atoms with Crippen LogP contribution in [-0.4, -0.2) is 6.21 Å². The van der Waals surface area contributed by atoms with Crippen LogP contribution in [0.25, 0.3) is 0 Å². The van der Waals surface area contributed by atoms with Crippen molar-refractivity contribution in [2.45, 2.75) is 40.2 Å². The van der Waals surface area contributed by atoms with E-state index in [4.69, 9.17) is 4.99 Å². The minimum absolute atomic E-state index is 0.0679. The average molecular weight is 253 g/mol. The number of rotatable bonds is 3. The number of aliphatic imine (C=N–C) groups is 1. The molecule has 0 heterocycles. The first kappa shape index (κ1) is 13.8. The van der Waals surface area contributed by atoms with Gasteiger partial charge in [-0.15, -0.1) is 0 Å². The van der Waals surface area contributed by atoms with Gasteiger partial charge in [-0.1, -0.05) is 60.6 Å². The third-order valence-electron chi connectivity index (χ3n) is 3.74. The second kappa shape index (κ2) is 5.56. The molecule has 100 valence electrons. The quantitative estimate of drug-likeness (QED) is 0.669. The first-order chi connectivity index (χ1) is 8.98. The van der Waals surface area contributed by atoms with Gasteiger partial charge in [0, 0.05) is 11.6 Å². The van der Waals surface area contributed by atoms with Crippen molar-refractivity contribution in [3.05, 3.63) is 59.2 Å². The fraction of sp³-hybridized carbons (Fsp3) is 0.389. The highest BCUT2D eigenvalue weighted by Crippen LogP contribution is 2.28. The summed E-state index contributed by atoms with van der Waals surface area (Å²) >= 11 is 0. The molecule has 0 aromatic heterocycles. The minimum Gasteiger partial charge on any atom is -0.289 e. The van der Waals surface area contributed by atoms with Gasteiger partial charge >= 0.3 is 0 Å². The number of nitrogens with zero attached hydrogens (tertiary/aromatic N) is 1. The van der Waals surface area contributed by atoms with Crippen molar-refractivity contribution < 1.29 is 0 Å². The largest absolute Gasteiger partial charge is 0.289 e. The molecule has 0 saturated carbocycles. The predicted octanol–water partition coefficient (Wildman–Crippen LogP) is 5.04. The maximum Gasteiger partial charge on any atom is 0.0717 e. The summed E-state index contributed by atoms with van der Waals surface area (Å²) in [6.07, 6.45) is 9.87. The highest BCUT2D eigenvalue weighted by molar-refractivity contribution is 5.69. The van der Waals surface area contributed by atoms with Crippen LogP contribution in [0.4, 0.5) is 0 Å². The molecule has 0 N–H and O–H groups in total. The van der Waals surface area contributed by atoms with Gasteiger partial charge < -0.3 is 0 Å². The summed E-state index contributed by atoms with van der Waals surface area (Å²) in [5.41, 5.74) is 3.98. The summed E-state index contributed by atoms with van der Waals surface area (Å²) in [5.74, 6) is 0. The zero-order valence-corrected chi connectivity index (χ0v) is 12.4. The standard InChI is InChI=1S/C18H23N/c1-14-5-7-17(8-6-14)16(3)19-13-18(4)11-9-15(2)10-12-18/h5-11,13,16H,12H2,1-4H3. The fourth-order valence-corrected chi connectivity index (χ4v) is 2.15. The van der Waals surface area contributed by atoms with Crippen molar-refractivity contribution in [1.29, 1.82) is 0 Å². The van der Waals surface area contributed by atoms with E-state index in [0.717, 1.165) is 6.42 Å². The van der Waals surface area contributed by atoms with E-state index in [2.05, 4.69) is 76.4 Å². The smallest absolute Gasteiger partial charge is 0.0717 e. The molecule has 1 aromatic rings. The van der Waals surface area contributed by atoms with Crippen LogP contribution in [-0.2, 0) is 0 Å². The molecule has 2 rings (SSSR count). The summed E-state index contributed by atoms with van der Waals surface area (Å²) < 4.78 is 0. The van der Waals surface area contributed by atoms with Gasteiger partial charge in [0.15, 0.2) is 0 Å². The maximum atomic E-state index is 4.74. The molecule has 2 atom stereocenters. The zero-order valence-electron chi connectivity index (χ0n) is 12.4. The van der Waals surface area contributed by atoms with Crippen molar-refractivity contribution in [1.82, 2.24) is 0 Å². The Labute approximate surface area is 116 Å². The van der Waals surface area contributed by atoms with Crippen LogP contribution in [0.15, 0.2) is 53.1 Å². The van der Waals surface area contributed by atoms with E-state index in [0.29, 0.717) is 0 Å². The highest BCUT2D eigenvalue weighted by atomic mass is 14.8. The molecule has 0 spiro atoms. The third-order valence-corrected chi connectivity index (χ3v) is 3.74. The van der Waals surface area contributed by atoms with Gasteiger partial charge in [-0.05, 0) is 32.8 Å². The lowest BCUT2D eigenvalue weighted by molar-refractivity contribution is 0.605. The topological polar surface area (TPSA) is 12.4 Å². The molecule has 1 aliphatic rings. The molecule has 0 fully saturated rings. The number of hydrogen-bond acceptors (Lipinski definition) is 1. The van der Waals surface area contributed by atoms with Crippen LogP contribution < -0.4 is 0 Å². The Kier molecular flexibility index (Phi) is 4.04. The van der Waals surface area contributed by atoms with Crippen LogP contribution in [0.1, 0.15) is 44.4 Å². The van der Waals surface area contributed by atoms with Crippen molar-refractivity contribution >= 4 is 6.21 Å². The Bertz CT molecular complexity index is 519. The molecule has 2 unspecified atom stereocenters. The van der Waals surface area contributed by atoms with Crippen LogP contribution >= 0.6 is 0 Å². The maximum absolute atomic E-state index is 4.74. The molecule has 0 saturated heterocycles. The second-order valence-electron chi connectivity index (χ2n) is 5.86. The molecule has 0 radical (unpaired) electrons. The number of aryl methyl sites for hydroxylation is 1. The molecule has 0 bridgehead atoms. The van der Waals surface area contributed by atoms with E-state index in [1.807, 2.05) is 0 Å². The van der Waals surface area contributed by atoms with E-state index in [-0.39, 0.29) is 11.5 Å². The Hall–Kier alpha value is -1.63.